The van der Waals surface area contributed by atoms with Gasteiger partial charge in [0.1, 0.15) is 17.3 Å². The average Bonchev–Trinajstić information content (AvgIpc) is 3.04. The van der Waals surface area contributed by atoms with Crippen LogP contribution in [0.4, 0.5) is 10.5 Å². The van der Waals surface area contributed by atoms with Crippen LogP contribution in [0.15, 0.2) is 52.6 Å². The van der Waals surface area contributed by atoms with E-state index in [1.807, 2.05) is 36.7 Å². The number of pyridine rings is 1. The number of nitrogens with zero attached hydrogens (tertiary/aromatic N) is 4. The number of nitriles is 1. The van der Waals surface area contributed by atoms with E-state index in [2.05, 4.69) is 11.1 Å². The Balaban J connectivity index is 2.09. The smallest absolute Gasteiger partial charge is 0.404 e. The minimum absolute atomic E-state index is 0.0244. The first-order chi connectivity index (χ1) is 14.4. The Morgan fingerprint density at radius 3 is 2.67 bits per heavy atom. The number of hydrogen-bond acceptors (Lipinski definition) is 7. The van der Waals surface area contributed by atoms with Crippen LogP contribution in [0.5, 0.6) is 0 Å². The first-order valence-corrected chi connectivity index (χ1v) is 10.1. The third kappa shape index (κ3) is 5.10. The van der Waals surface area contributed by atoms with Gasteiger partial charge in [-0.15, -0.1) is 0 Å². The van der Waals surface area contributed by atoms with Gasteiger partial charge in [0.25, 0.3) is 0 Å². The first-order valence-electron chi connectivity index (χ1n) is 9.27. The van der Waals surface area contributed by atoms with Crippen LogP contribution in [0, 0.1) is 11.3 Å². The van der Waals surface area contributed by atoms with Crippen molar-refractivity contribution in [3.05, 3.63) is 65.1 Å². The van der Waals surface area contributed by atoms with Crippen molar-refractivity contribution in [1.82, 2.24) is 14.8 Å². The summed E-state index contributed by atoms with van der Waals surface area (Å²) in [6, 6.07) is 11.3. The molecule has 0 radical (unpaired) electrons. The normalized spacial score (nSPS) is 10.7. The van der Waals surface area contributed by atoms with Crippen molar-refractivity contribution < 1.29 is 9.53 Å². The van der Waals surface area contributed by atoms with Crippen molar-refractivity contribution in [2.75, 3.05) is 5.73 Å². The van der Waals surface area contributed by atoms with Crippen LogP contribution >= 0.6 is 11.8 Å². The lowest BCUT2D eigenvalue weighted by Crippen LogP contribution is -2.13. The lowest BCUT2D eigenvalue weighted by molar-refractivity contribution is 0.148. The predicted molar refractivity (Wildman–Crippen MR) is 114 cm³/mol. The van der Waals surface area contributed by atoms with Crippen LogP contribution in [0.1, 0.15) is 42.3 Å². The third-order valence-electron chi connectivity index (χ3n) is 4.29. The van der Waals surface area contributed by atoms with Crippen molar-refractivity contribution in [2.24, 2.45) is 5.73 Å². The lowest BCUT2D eigenvalue weighted by Gasteiger charge is -2.13. The fraction of sp³-hybridized carbons (Fsp3) is 0.238. The highest BCUT2D eigenvalue weighted by atomic mass is 32.2. The summed E-state index contributed by atoms with van der Waals surface area (Å²) < 4.78 is 6.92. The summed E-state index contributed by atoms with van der Waals surface area (Å²) in [5.41, 5.74) is 14.7. The summed E-state index contributed by atoms with van der Waals surface area (Å²) in [6.07, 6.45) is 3.17. The molecular formula is C21H22N6O2S. The second kappa shape index (κ2) is 9.33. The molecule has 0 saturated carbocycles. The molecule has 2 heterocycles. The number of aromatic nitrogens is 3. The zero-order valence-corrected chi connectivity index (χ0v) is 17.5. The topological polar surface area (TPSA) is 133 Å². The Hall–Kier alpha value is -3.51. The maximum absolute atomic E-state index is 11.2. The molecule has 2 aromatic heterocycles. The van der Waals surface area contributed by atoms with E-state index in [4.69, 9.17) is 21.3 Å². The Bertz CT molecular complexity index is 1090. The molecule has 9 heteroatoms. The Morgan fingerprint density at radius 2 is 2.03 bits per heavy atom. The summed E-state index contributed by atoms with van der Waals surface area (Å²) in [7, 11) is 0. The van der Waals surface area contributed by atoms with Crippen molar-refractivity contribution in [1.29, 1.82) is 5.26 Å². The van der Waals surface area contributed by atoms with Crippen LogP contribution in [0.3, 0.4) is 0 Å². The fourth-order valence-corrected chi connectivity index (χ4v) is 4.21. The van der Waals surface area contributed by atoms with Gasteiger partial charge in [0, 0.05) is 41.0 Å². The Morgan fingerprint density at radius 1 is 1.30 bits per heavy atom. The second-order valence-corrected chi connectivity index (χ2v) is 7.98. The lowest BCUT2D eigenvalue weighted by atomic mass is 10.1. The third-order valence-corrected chi connectivity index (χ3v) is 5.38. The molecule has 154 valence electrons. The Labute approximate surface area is 178 Å². The number of nitrogen functional groups attached to an aromatic ring is 1. The summed E-state index contributed by atoms with van der Waals surface area (Å²) >= 11 is 1.47. The van der Waals surface area contributed by atoms with Gasteiger partial charge in [-0.05, 0) is 49.7 Å². The van der Waals surface area contributed by atoms with E-state index in [0.717, 1.165) is 21.0 Å². The number of benzene rings is 1. The highest BCUT2D eigenvalue weighted by molar-refractivity contribution is 7.99. The molecule has 3 aromatic rings. The van der Waals surface area contributed by atoms with Gasteiger partial charge in [0.2, 0.25) is 0 Å². The van der Waals surface area contributed by atoms with Gasteiger partial charge >= 0.3 is 6.09 Å². The molecule has 30 heavy (non-hydrogen) atoms. The predicted octanol–water partition coefficient (Wildman–Crippen LogP) is 3.65. The molecule has 0 aliphatic rings. The number of rotatable bonds is 7. The van der Waals surface area contributed by atoms with Gasteiger partial charge in [0.15, 0.2) is 0 Å². The van der Waals surface area contributed by atoms with E-state index in [0.29, 0.717) is 23.4 Å². The fourth-order valence-electron chi connectivity index (χ4n) is 2.95. The summed E-state index contributed by atoms with van der Waals surface area (Å²) in [4.78, 5) is 16.1. The number of nitrogens with two attached hydrogens (primary N) is 2. The van der Waals surface area contributed by atoms with Gasteiger partial charge in [-0.3, -0.25) is 9.67 Å². The highest BCUT2D eigenvalue weighted by Crippen LogP contribution is 2.36. The zero-order chi connectivity index (χ0) is 21.7. The van der Waals surface area contributed by atoms with E-state index >= 15 is 0 Å². The molecule has 8 nitrogen and oxygen atoms in total. The molecule has 0 spiro atoms. The largest absolute Gasteiger partial charge is 0.443 e. The number of carbonyl (C=O) groups is 1. The number of hydrogen-bond donors (Lipinski definition) is 2. The molecule has 0 aliphatic heterocycles. The molecule has 1 aromatic carbocycles. The van der Waals surface area contributed by atoms with E-state index < -0.39 is 6.09 Å². The van der Waals surface area contributed by atoms with Gasteiger partial charge in [-0.25, -0.2) is 4.79 Å². The molecule has 4 N–H and O–H groups in total. The highest BCUT2D eigenvalue weighted by Gasteiger charge is 2.22. The number of primary amides is 1. The van der Waals surface area contributed by atoms with Crippen molar-refractivity contribution in [2.45, 2.75) is 42.8 Å². The monoisotopic (exact) mass is 422 g/mol. The summed E-state index contributed by atoms with van der Waals surface area (Å²) in [6.45, 7) is 4.02. The minimum Gasteiger partial charge on any atom is -0.443 e. The van der Waals surface area contributed by atoms with Gasteiger partial charge in [-0.2, -0.15) is 10.4 Å². The van der Waals surface area contributed by atoms with E-state index in [9.17, 15) is 10.1 Å². The van der Waals surface area contributed by atoms with Gasteiger partial charge in [-0.1, -0.05) is 11.8 Å². The van der Waals surface area contributed by atoms with Gasteiger partial charge < -0.3 is 16.2 Å². The average molecular weight is 423 g/mol. The van der Waals surface area contributed by atoms with Gasteiger partial charge in [0.05, 0.1) is 11.6 Å². The number of amides is 1. The quantitative estimate of drug-likeness (QED) is 0.555. The van der Waals surface area contributed by atoms with E-state index in [-0.39, 0.29) is 12.6 Å². The molecule has 0 bridgehead atoms. The van der Waals surface area contributed by atoms with Crippen molar-refractivity contribution in [3.63, 3.8) is 0 Å². The number of anilines is 1. The maximum atomic E-state index is 11.2. The van der Waals surface area contributed by atoms with E-state index in [1.54, 1.807) is 24.5 Å². The SMILES string of the molecule is CC(C)n1nc(COC(N)=O)c(Cc2ccncc2)c1Sc1cc(N)cc(C#N)c1. The summed E-state index contributed by atoms with van der Waals surface area (Å²) in [5, 5.41) is 14.9. The van der Waals surface area contributed by atoms with Crippen molar-refractivity contribution >= 4 is 23.5 Å². The van der Waals surface area contributed by atoms with Crippen LogP contribution in [-0.4, -0.2) is 20.9 Å². The second-order valence-electron chi connectivity index (χ2n) is 6.91. The zero-order valence-electron chi connectivity index (χ0n) is 16.7. The molecular weight excluding hydrogens is 400 g/mol. The van der Waals surface area contributed by atoms with E-state index in [1.165, 1.54) is 11.8 Å². The van der Waals surface area contributed by atoms with Crippen LogP contribution < -0.4 is 11.5 Å². The Kier molecular flexibility index (Phi) is 6.59. The number of carbonyl (C=O) groups excluding carboxylic acids is 1. The first kappa shape index (κ1) is 21.2. The van der Waals surface area contributed by atoms with Crippen molar-refractivity contribution in [3.8, 4) is 6.07 Å². The van der Waals surface area contributed by atoms with Crippen LogP contribution in [0.2, 0.25) is 0 Å². The molecule has 1 amide bonds. The number of ether oxygens (including phenoxy) is 1. The van der Waals surface area contributed by atoms with Crippen LogP contribution in [-0.2, 0) is 17.8 Å². The minimum atomic E-state index is -0.854. The molecule has 3 rings (SSSR count). The molecule has 0 atom stereocenters. The maximum Gasteiger partial charge on any atom is 0.404 e. The summed E-state index contributed by atoms with van der Waals surface area (Å²) in [5.74, 6) is 0. The van der Waals surface area contributed by atoms with Crippen LogP contribution in [0.25, 0.3) is 0 Å². The molecule has 0 aliphatic carbocycles. The molecule has 0 saturated heterocycles. The molecule has 0 unspecified atom stereocenters. The standard InChI is InChI=1S/C21H22N6O2S/c1-13(2)27-20(30-17-8-15(11-22)7-16(23)10-17)18(9-14-3-5-25-6-4-14)19(26-27)12-29-21(24)28/h3-8,10,13H,9,12,23H2,1-2H3,(H2,24,28). The molecule has 0 fully saturated rings.